The first-order chi connectivity index (χ1) is 17.2. The van der Waals surface area contributed by atoms with Gasteiger partial charge in [-0.2, -0.15) is 0 Å². The van der Waals surface area contributed by atoms with Crippen LogP contribution in [0.3, 0.4) is 0 Å². The Morgan fingerprint density at radius 1 is 1.14 bits per heavy atom. The number of aromatic nitrogens is 4. The molecule has 36 heavy (non-hydrogen) atoms. The number of ether oxygens (including phenoxy) is 1. The molecule has 2 aromatic carbocycles. The topological polar surface area (TPSA) is 124 Å². The molecule has 0 saturated heterocycles. The fourth-order valence-electron chi connectivity index (χ4n) is 3.50. The number of rotatable bonds is 8. The second-order valence-corrected chi connectivity index (χ2v) is 8.78. The van der Waals surface area contributed by atoms with Gasteiger partial charge in [0.25, 0.3) is 0 Å². The zero-order valence-electron chi connectivity index (χ0n) is 19.9. The van der Waals surface area contributed by atoms with Crippen molar-refractivity contribution < 1.29 is 13.9 Å². The molecule has 0 aliphatic heterocycles. The van der Waals surface area contributed by atoms with Gasteiger partial charge in [0.15, 0.2) is 6.29 Å². The number of H-pyrrole nitrogens is 1. The molecule has 0 unspecified atom stereocenters. The van der Waals surface area contributed by atoms with Gasteiger partial charge in [-0.05, 0) is 62.2 Å². The molecule has 0 saturated carbocycles. The summed E-state index contributed by atoms with van der Waals surface area (Å²) in [6.07, 6.45) is 1.69. The van der Waals surface area contributed by atoms with Crippen molar-refractivity contribution >= 4 is 23.6 Å². The lowest BCUT2D eigenvalue weighted by Crippen LogP contribution is -2.50. The van der Waals surface area contributed by atoms with Crippen LogP contribution in [-0.4, -0.2) is 31.5 Å². The second-order valence-electron chi connectivity index (χ2n) is 8.35. The van der Waals surface area contributed by atoms with Crippen molar-refractivity contribution in [2.45, 2.75) is 40.0 Å². The summed E-state index contributed by atoms with van der Waals surface area (Å²) in [6.45, 7) is 5.63. The maximum atomic E-state index is 13.5. The molecule has 2 heterocycles. The maximum absolute atomic E-state index is 13.5. The first-order valence-corrected chi connectivity index (χ1v) is 11.5. The van der Waals surface area contributed by atoms with E-state index >= 15 is 0 Å². The molecular weight excluding hydrogens is 486 g/mol. The SMILES string of the molecule is Cc1cc(/N=c2\[nH]c(=O)n(Cc3nc(C=O)co3)c(=O)n2Cc2ccc(Cl)cc2)ccc1OC(C)C. The monoisotopic (exact) mass is 509 g/mol. The molecule has 0 aliphatic carbocycles. The van der Waals surface area contributed by atoms with Crippen molar-refractivity contribution in [1.29, 1.82) is 0 Å². The van der Waals surface area contributed by atoms with E-state index in [1.807, 2.05) is 26.8 Å². The van der Waals surface area contributed by atoms with Crippen LogP contribution in [0.2, 0.25) is 5.02 Å². The van der Waals surface area contributed by atoms with Gasteiger partial charge < -0.3 is 9.15 Å². The normalized spacial score (nSPS) is 11.8. The van der Waals surface area contributed by atoms with Gasteiger partial charge >= 0.3 is 11.4 Å². The Morgan fingerprint density at radius 3 is 2.53 bits per heavy atom. The number of hydrogen-bond donors (Lipinski definition) is 1. The number of aromatic amines is 1. The van der Waals surface area contributed by atoms with Crippen LogP contribution >= 0.6 is 11.6 Å². The van der Waals surface area contributed by atoms with Crippen LogP contribution in [0.5, 0.6) is 5.75 Å². The number of aldehydes is 1. The van der Waals surface area contributed by atoms with E-state index in [2.05, 4.69) is 15.0 Å². The van der Waals surface area contributed by atoms with Crippen LogP contribution in [0.4, 0.5) is 5.69 Å². The lowest BCUT2D eigenvalue weighted by molar-refractivity contribution is 0.111. The van der Waals surface area contributed by atoms with Crippen LogP contribution in [0.15, 0.2) is 67.7 Å². The zero-order valence-corrected chi connectivity index (χ0v) is 20.7. The Balaban J connectivity index is 1.83. The van der Waals surface area contributed by atoms with Gasteiger partial charge in [0.05, 0.1) is 18.3 Å². The molecule has 0 atom stereocenters. The fraction of sp³-hybridized carbons (Fsp3) is 0.240. The van der Waals surface area contributed by atoms with Crippen LogP contribution in [0, 0.1) is 6.92 Å². The minimum atomic E-state index is -0.701. The number of aryl methyl sites for hydroxylation is 1. The predicted octanol–water partition coefficient (Wildman–Crippen LogP) is 3.22. The highest BCUT2D eigenvalue weighted by atomic mass is 35.5. The van der Waals surface area contributed by atoms with Crippen LogP contribution in [-0.2, 0) is 13.1 Å². The summed E-state index contributed by atoms with van der Waals surface area (Å²) < 4.78 is 13.2. The first-order valence-electron chi connectivity index (χ1n) is 11.1. The molecule has 4 aromatic rings. The number of nitrogens with one attached hydrogen (secondary N) is 1. The van der Waals surface area contributed by atoms with E-state index in [0.29, 0.717) is 17.0 Å². The maximum Gasteiger partial charge on any atom is 0.335 e. The van der Waals surface area contributed by atoms with Crippen LogP contribution < -0.4 is 21.7 Å². The standard InChI is InChI=1S/C25H24ClN5O5/c1-15(2)36-21-9-8-19(10-16(21)3)28-23-29-24(33)31(12-22-27-20(13-32)14-35-22)25(34)30(23)11-17-4-6-18(26)7-5-17/h4-10,13-15H,11-12H2,1-3H3,(H,28,29,33). The van der Waals surface area contributed by atoms with Crippen LogP contribution in [0.25, 0.3) is 0 Å². The van der Waals surface area contributed by atoms with E-state index < -0.39 is 11.4 Å². The lowest BCUT2D eigenvalue weighted by Gasteiger charge is -2.13. The summed E-state index contributed by atoms with van der Waals surface area (Å²) in [5.74, 6) is 0.770. The van der Waals surface area contributed by atoms with Crippen LogP contribution in [0.1, 0.15) is 41.4 Å². The molecule has 2 aromatic heterocycles. The summed E-state index contributed by atoms with van der Waals surface area (Å²) in [6, 6.07) is 12.3. The highest BCUT2D eigenvalue weighted by Crippen LogP contribution is 2.24. The molecule has 0 radical (unpaired) electrons. The third-order valence-electron chi connectivity index (χ3n) is 5.18. The number of nitrogens with zero attached hydrogens (tertiary/aromatic N) is 4. The number of hydrogen-bond acceptors (Lipinski definition) is 7. The molecule has 0 aliphatic rings. The average molecular weight is 510 g/mol. The van der Waals surface area contributed by atoms with Gasteiger partial charge in [-0.3, -0.25) is 14.3 Å². The Kier molecular flexibility index (Phi) is 7.35. The van der Waals surface area contributed by atoms with Crippen molar-refractivity contribution in [3.63, 3.8) is 0 Å². The van der Waals surface area contributed by atoms with E-state index in [4.69, 9.17) is 20.8 Å². The fourth-order valence-corrected chi connectivity index (χ4v) is 3.62. The summed E-state index contributed by atoms with van der Waals surface area (Å²) in [7, 11) is 0. The summed E-state index contributed by atoms with van der Waals surface area (Å²) >= 11 is 6.00. The van der Waals surface area contributed by atoms with Gasteiger partial charge in [-0.1, -0.05) is 23.7 Å². The molecule has 11 heteroatoms. The molecule has 4 rings (SSSR count). The van der Waals surface area contributed by atoms with E-state index in [1.165, 1.54) is 4.57 Å². The number of benzene rings is 2. The molecule has 186 valence electrons. The quantitative estimate of drug-likeness (QED) is 0.364. The summed E-state index contributed by atoms with van der Waals surface area (Å²) in [5.41, 5.74) is 0.963. The van der Waals surface area contributed by atoms with Crippen molar-refractivity contribution in [3.05, 3.63) is 103 Å². The molecule has 0 spiro atoms. The number of carbonyl (C=O) groups is 1. The summed E-state index contributed by atoms with van der Waals surface area (Å²) in [4.78, 5) is 48.4. The Morgan fingerprint density at radius 2 is 1.89 bits per heavy atom. The van der Waals surface area contributed by atoms with Gasteiger partial charge in [-0.15, -0.1) is 0 Å². The largest absolute Gasteiger partial charge is 0.491 e. The highest BCUT2D eigenvalue weighted by Gasteiger charge is 2.14. The van der Waals surface area contributed by atoms with E-state index in [0.717, 1.165) is 27.7 Å². The minimum Gasteiger partial charge on any atom is -0.491 e. The Bertz CT molecular complexity index is 1580. The van der Waals surface area contributed by atoms with E-state index in [-0.39, 0.29) is 36.4 Å². The molecule has 0 bridgehead atoms. The predicted molar refractivity (Wildman–Crippen MR) is 133 cm³/mol. The third-order valence-corrected chi connectivity index (χ3v) is 5.43. The summed E-state index contributed by atoms with van der Waals surface area (Å²) in [5, 5.41) is 0.557. The van der Waals surface area contributed by atoms with Gasteiger partial charge in [-0.25, -0.2) is 24.1 Å². The molecule has 0 fully saturated rings. The smallest absolute Gasteiger partial charge is 0.335 e. The highest BCUT2D eigenvalue weighted by molar-refractivity contribution is 6.30. The van der Waals surface area contributed by atoms with Gasteiger partial charge in [0.2, 0.25) is 11.5 Å². The van der Waals surface area contributed by atoms with Crippen molar-refractivity contribution in [2.75, 3.05) is 0 Å². The van der Waals surface area contributed by atoms with Crippen molar-refractivity contribution in [3.8, 4) is 5.75 Å². The Labute approximate surface area is 210 Å². The average Bonchev–Trinajstić information content (AvgIpc) is 3.30. The first kappa shape index (κ1) is 24.9. The molecule has 10 nitrogen and oxygen atoms in total. The number of oxazole rings is 1. The van der Waals surface area contributed by atoms with Crippen molar-refractivity contribution in [2.24, 2.45) is 4.99 Å². The van der Waals surface area contributed by atoms with Crippen molar-refractivity contribution in [1.82, 2.24) is 19.1 Å². The van der Waals surface area contributed by atoms with Gasteiger partial charge in [0.1, 0.15) is 24.3 Å². The third kappa shape index (κ3) is 5.72. The molecule has 0 amide bonds. The zero-order chi connectivity index (χ0) is 25.8. The number of halogens is 1. The second kappa shape index (κ2) is 10.6. The van der Waals surface area contributed by atoms with E-state index in [1.54, 1.807) is 36.4 Å². The Hall–Kier alpha value is -4.18. The lowest BCUT2D eigenvalue weighted by atomic mass is 10.2. The molecule has 1 N–H and O–H groups in total. The minimum absolute atomic E-state index is 0.0169. The van der Waals surface area contributed by atoms with E-state index in [9.17, 15) is 14.4 Å². The van der Waals surface area contributed by atoms with Gasteiger partial charge in [0, 0.05) is 5.02 Å². The number of carbonyl (C=O) groups excluding carboxylic acids is 1. The molecular formula is C25H24ClN5O5.